The zero-order valence-corrected chi connectivity index (χ0v) is 9.00. The van der Waals surface area contributed by atoms with E-state index in [2.05, 4.69) is 4.98 Å². The van der Waals surface area contributed by atoms with E-state index in [0.29, 0.717) is 5.15 Å². The van der Waals surface area contributed by atoms with E-state index in [9.17, 15) is 4.79 Å². The molecule has 2 rings (SSSR count). The maximum Gasteiger partial charge on any atom is 0.304 e. The SMILES string of the molecule is O=C(O)CC1(c2ccc(Cl)nc2)CCC1. The minimum Gasteiger partial charge on any atom is -0.481 e. The Labute approximate surface area is 93.1 Å². The summed E-state index contributed by atoms with van der Waals surface area (Å²) >= 11 is 5.70. The van der Waals surface area contributed by atoms with Gasteiger partial charge in [-0.1, -0.05) is 24.1 Å². The first kappa shape index (κ1) is 10.4. The third kappa shape index (κ3) is 1.97. The molecule has 1 saturated carbocycles. The topological polar surface area (TPSA) is 50.2 Å². The second kappa shape index (κ2) is 3.81. The fourth-order valence-electron chi connectivity index (χ4n) is 2.15. The van der Waals surface area contributed by atoms with Crippen LogP contribution in [0.1, 0.15) is 31.2 Å². The summed E-state index contributed by atoms with van der Waals surface area (Å²) in [4.78, 5) is 14.8. The number of rotatable bonds is 3. The van der Waals surface area contributed by atoms with Crippen LogP contribution in [0.5, 0.6) is 0 Å². The number of hydrogen-bond donors (Lipinski definition) is 1. The van der Waals surface area contributed by atoms with Crippen molar-refractivity contribution in [1.29, 1.82) is 0 Å². The van der Waals surface area contributed by atoms with E-state index in [1.807, 2.05) is 6.07 Å². The predicted molar refractivity (Wildman–Crippen MR) is 57.0 cm³/mol. The lowest BCUT2D eigenvalue weighted by atomic mass is 9.63. The maximum absolute atomic E-state index is 10.8. The highest BCUT2D eigenvalue weighted by atomic mass is 35.5. The number of carboxylic acid groups (broad SMARTS) is 1. The molecular weight excluding hydrogens is 214 g/mol. The lowest BCUT2D eigenvalue weighted by Crippen LogP contribution is -2.36. The molecule has 0 unspecified atom stereocenters. The molecule has 1 aliphatic carbocycles. The zero-order chi connectivity index (χ0) is 10.9. The molecule has 3 nitrogen and oxygen atoms in total. The summed E-state index contributed by atoms with van der Waals surface area (Å²) in [7, 11) is 0. The standard InChI is InChI=1S/C11H12ClNO2/c12-9-3-2-8(7-13-9)11(4-1-5-11)6-10(14)15/h2-3,7H,1,4-6H2,(H,14,15). The molecule has 80 valence electrons. The third-order valence-electron chi connectivity index (χ3n) is 3.14. The van der Waals surface area contributed by atoms with Crippen LogP contribution in [0.15, 0.2) is 18.3 Å². The fourth-order valence-corrected chi connectivity index (χ4v) is 2.26. The number of carbonyl (C=O) groups is 1. The molecule has 0 radical (unpaired) electrons. The first-order valence-corrected chi connectivity index (χ1v) is 5.34. The third-order valence-corrected chi connectivity index (χ3v) is 3.36. The number of halogens is 1. The molecule has 0 aliphatic heterocycles. The van der Waals surface area contributed by atoms with Crippen molar-refractivity contribution < 1.29 is 9.90 Å². The lowest BCUT2D eigenvalue weighted by molar-refractivity contribution is -0.139. The number of aromatic nitrogens is 1. The number of carboxylic acids is 1. The van der Waals surface area contributed by atoms with Gasteiger partial charge in [-0.2, -0.15) is 0 Å². The van der Waals surface area contributed by atoms with Crippen LogP contribution in [0.25, 0.3) is 0 Å². The Hall–Kier alpha value is -1.09. The van der Waals surface area contributed by atoms with E-state index < -0.39 is 5.97 Å². The summed E-state index contributed by atoms with van der Waals surface area (Å²) in [6, 6.07) is 3.61. The van der Waals surface area contributed by atoms with Crippen molar-refractivity contribution in [3.8, 4) is 0 Å². The van der Waals surface area contributed by atoms with E-state index >= 15 is 0 Å². The number of hydrogen-bond acceptors (Lipinski definition) is 2. The molecule has 0 amide bonds. The van der Waals surface area contributed by atoms with Crippen molar-refractivity contribution in [2.45, 2.75) is 31.1 Å². The van der Waals surface area contributed by atoms with Gasteiger partial charge in [-0.15, -0.1) is 0 Å². The molecule has 1 aliphatic rings. The molecule has 1 heterocycles. The lowest BCUT2D eigenvalue weighted by Gasteiger charge is -2.41. The van der Waals surface area contributed by atoms with Crippen LogP contribution in [0.4, 0.5) is 0 Å². The van der Waals surface area contributed by atoms with Gasteiger partial charge in [-0.3, -0.25) is 4.79 Å². The summed E-state index contributed by atoms with van der Waals surface area (Å²) in [6.07, 6.45) is 4.85. The smallest absolute Gasteiger partial charge is 0.304 e. The van der Waals surface area contributed by atoms with Crippen molar-refractivity contribution in [2.24, 2.45) is 0 Å². The summed E-state index contributed by atoms with van der Waals surface area (Å²) in [5.74, 6) is -0.746. The molecule has 0 saturated heterocycles. The molecule has 0 atom stereocenters. The van der Waals surface area contributed by atoms with Gasteiger partial charge in [0.25, 0.3) is 0 Å². The van der Waals surface area contributed by atoms with E-state index in [0.717, 1.165) is 24.8 Å². The number of pyridine rings is 1. The van der Waals surface area contributed by atoms with Gasteiger partial charge in [0.1, 0.15) is 5.15 Å². The molecule has 4 heteroatoms. The van der Waals surface area contributed by atoms with E-state index in [4.69, 9.17) is 16.7 Å². The Bertz CT molecular complexity index is 371. The first-order chi connectivity index (χ1) is 7.12. The fraction of sp³-hybridized carbons (Fsp3) is 0.455. The van der Waals surface area contributed by atoms with Gasteiger partial charge in [0.2, 0.25) is 0 Å². The predicted octanol–water partition coefficient (Wildman–Crippen LogP) is 2.63. The molecule has 1 aromatic heterocycles. The Morgan fingerprint density at radius 1 is 1.53 bits per heavy atom. The van der Waals surface area contributed by atoms with Crippen LogP contribution in [0.3, 0.4) is 0 Å². The summed E-state index contributed by atoms with van der Waals surface area (Å²) in [5, 5.41) is 9.33. The van der Waals surface area contributed by atoms with Crippen LogP contribution in [0, 0.1) is 0 Å². The highest BCUT2D eigenvalue weighted by Gasteiger charge is 2.40. The second-order valence-corrected chi connectivity index (χ2v) is 4.46. The normalized spacial score (nSPS) is 18.2. The van der Waals surface area contributed by atoms with Gasteiger partial charge < -0.3 is 5.11 Å². The average Bonchev–Trinajstić information content (AvgIpc) is 2.13. The summed E-state index contributed by atoms with van der Waals surface area (Å²) in [6.45, 7) is 0. The molecule has 0 bridgehead atoms. The Kier molecular flexibility index (Phi) is 2.65. The van der Waals surface area contributed by atoms with Crippen molar-refractivity contribution in [2.75, 3.05) is 0 Å². The van der Waals surface area contributed by atoms with Crippen LogP contribution in [0.2, 0.25) is 5.15 Å². The van der Waals surface area contributed by atoms with Crippen molar-refractivity contribution in [1.82, 2.24) is 4.98 Å². The Morgan fingerprint density at radius 2 is 2.27 bits per heavy atom. The molecule has 0 spiro atoms. The van der Waals surface area contributed by atoms with E-state index in [1.165, 1.54) is 0 Å². The average molecular weight is 226 g/mol. The first-order valence-electron chi connectivity index (χ1n) is 4.96. The quantitative estimate of drug-likeness (QED) is 0.805. The van der Waals surface area contributed by atoms with Gasteiger partial charge >= 0.3 is 5.97 Å². The highest BCUT2D eigenvalue weighted by Crippen LogP contribution is 2.46. The van der Waals surface area contributed by atoms with Crippen LogP contribution in [-0.2, 0) is 10.2 Å². The van der Waals surface area contributed by atoms with E-state index in [1.54, 1.807) is 12.3 Å². The Balaban J connectivity index is 2.26. The van der Waals surface area contributed by atoms with Gasteiger partial charge in [-0.05, 0) is 24.5 Å². The van der Waals surface area contributed by atoms with Crippen LogP contribution < -0.4 is 0 Å². The Morgan fingerprint density at radius 3 is 2.67 bits per heavy atom. The largest absolute Gasteiger partial charge is 0.481 e. The molecule has 1 fully saturated rings. The molecule has 15 heavy (non-hydrogen) atoms. The summed E-state index contributed by atoms with van der Waals surface area (Å²) < 4.78 is 0. The number of aliphatic carboxylic acids is 1. The monoisotopic (exact) mass is 225 g/mol. The van der Waals surface area contributed by atoms with Crippen LogP contribution in [-0.4, -0.2) is 16.1 Å². The van der Waals surface area contributed by atoms with Crippen molar-refractivity contribution >= 4 is 17.6 Å². The number of nitrogens with zero attached hydrogens (tertiary/aromatic N) is 1. The molecule has 1 aromatic rings. The van der Waals surface area contributed by atoms with Crippen molar-refractivity contribution in [3.63, 3.8) is 0 Å². The molecule has 1 N–H and O–H groups in total. The van der Waals surface area contributed by atoms with E-state index in [-0.39, 0.29) is 11.8 Å². The highest BCUT2D eigenvalue weighted by molar-refractivity contribution is 6.29. The molecule has 0 aromatic carbocycles. The zero-order valence-electron chi connectivity index (χ0n) is 8.24. The maximum atomic E-state index is 10.8. The second-order valence-electron chi connectivity index (χ2n) is 4.07. The van der Waals surface area contributed by atoms with Gasteiger partial charge in [0, 0.05) is 11.6 Å². The minimum absolute atomic E-state index is 0.191. The van der Waals surface area contributed by atoms with Gasteiger partial charge in [0.05, 0.1) is 6.42 Å². The summed E-state index contributed by atoms with van der Waals surface area (Å²) in [5.41, 5.74) is 0.809. The molecular formula is C11H12ClNO2. The van der Waals surface area contributed by atoms with Crippen LogP contribution >= 0.6 is 11.6 Å². The van der Waals surface area contributed by atoms with Crippen molar-refractivity contribution in [3.05, 3.63) is 29.0 Å². The van der Waals surface area contributed by atoms with Gasteiger partial charge in [0.15, 0.2) is 0 Å². The van der Waals surface area contributed by atoms with Gasteiger partial charge in [-0.25, -0.2) is 4.98 Å². The minimum atomic E-state index is -0.746.